The maximum Gasteiger partial charge on any atom is 0.327 e. The van der Waals surface area contributed by atoms with Crippen LogP contribution in [-0.4, -0.2) is 70.2 Å². The van der Waals surface area contributed by atoms with Crippen LogP contribution in [0.3, 0.4) is 0 Å². The molecular formula is C26H40N6O5S. The normalized spacial score (nSPS) is 14.5. The van der Waals surface area contributed by atoms with Crippen LogP contribution < -0.4 is 27.4 Å². The van der Waals surface area contributed by atoms with Gasteiger partial charge in [-0.3, -0.25) is 14.4 Å². The maximum absolute atomic E-state index is 13.4. The lowest BCUT2D eigenvalue weighted by Crippen LogP contribution is -2.57. The number of unbranched alkanes of at least 4 members (excludes halogenated alkanes) is 1. The monoisotopic (exact) mass is 548 g/mol. The molecule has 2 aromatic rings. The molecule has 1 aromatic carbocycles. The fourth-order valence-electron chi connectivity index (χ4n) is 4.12. The summed E-state index contributed by atoms with van der Waals surface area (Å²) in [5.74, 6) is -2.86. The Balaban J connectivity index is 2.28. The zero-order valence-electron chi connectivity index (χ0n) is 21.9. The van der Waals surface area contributed by atoms with E-state index < -0.39 is 47.9 Å². The maximum atomic E-state index is 13.4. The third kappa shape index (κ3) is 9.34. The van der Waals surface area contributed by atoms with E-state index in [2.05, 4.69) is 33.6 Å². The van der Waals surface area contributed by atoms with Gasteiger partial charge in [-0.15, -0.1) is 0 Å². The molecular weight excluding hydrogens is 508 g/mol. The van der Waals surface area contributed by atoms with Crippen molar-refractivity contribution in [1.29, 1.82) is 0 Å². The Labute approximate surface area is 228 Å². The molecule has 4 atom stereocenters. The number of aromatic amines is 1. The molecule has 2 rings (SSSR count). The number of carbonyl (C=O) groups excluding carboxylic acids is 3. The molecule has 4 unspecified atom stereocenters. The van der Waals surface area contributed by atoms with E-state index in [1.165, 1.54) is 0 Å². The average molecular weight is 549 g/mol. The van der Waals surface area contributed by atoms with Crippen LogP contribution in [0.5, 0.6) is 0 Å². The highest BCUT2D eigenvalue weighted by Crippen LogP contribution is 2.19. The summed E-state index contributed by atoms with van der Waals surface area (Å²) in [6.07, 6.45) is 3.83. The summed E-state index contributed by atoms with van der Waals surface area (Å²) in [4.78, 5) is 53.9. The number of fused-ring (bicyclic) bond motifs is 1. The van der Waals surface area contributed by atoms with Gasteiger partial charge in [0, 0.05) is 29.3 Å². The van der Waals surface area contributed by atoms with E-state index in [1.807, 2.05) is 38.1 Å². The van der Waals surface area contributed by atoms with Gasteiger partial charge in [0.05, 0.1) is 6.04 Å². The molecule has 0 saturated carbocycles. The van der Waals surface area contributed by atoms with Crippen molar-refractivity contribution in [3.05, 3.63) is 36.0 Å². The number of hydrogen-bond donors (Lipinski definition) is 8. The van der Waals surface area contributed by atoms with Crippen LogP contribution in [0.1, 0.15) is 45.1 Å². The average Bonchev–Trinajstić information content (AvgIpc) is 3.28. The van der Waals surface area contributed by atoms with Crippen LogP contribution in [0.15, 0.2) is 30.5 Å². The minimum atomic E-state index is -1.24. The van der Waals surface area contributed by atoms with Gasteiger partial charge >= 0.3 is 5.97 Å². The second-order valence-corrected chi connectivity index (χ2v) is 10.2. The van der Waals surface area contributed by atoms with Crippen molar-refractivity contribution in [2.45, 2.75) is 70.1 Å². The van der Waals surface area contributed by atoms with Gasteiger partial charge in [-0.2, -0.15) is 12.6 Å². The first-order chi connectivity index (χ1) is 18.1. The topological polar surface area (TPSA) is 192 Å². The lowest BCUT2D eigenvalue weighted by atomic mass is 10.0. The van der Waals surface area contributed by atoms with E-state index in [0.717, 1.165) is 16.5 Å². The number of hydrogen-bond acceptors (Lipinski definition) is 7. The molecule has 9 N–H and O–H groups in total. The SMILES string of the molecule is CC(C)CC(N)C(=O)NC(CCCCN)C(=O)NC(Cc1c[nH]c2ccccc12)C(=O)NC(CS)C(=O)O. The summed E-state index contributed by atoms with van der Waals surface area (Å²) < 4.78 is 0. The van der Waals surface area contributed by atoms with E-state index in [4.69, 9.17) is 11.5 Å². The molecule has 0 spiro atoms. The van der Waals surface area contributed by atoms with Gasteiger partial charge in [-0.25, -0.2) is 4.79 Å². The van der Waals surface area contributed by atoms with Crippen molar-refractivity contribution in [3.63, 3.8) is 0 Å². The quantitative estimate of drug-likeness (QED) is 0.112. The largest absolute Gasteiger partial charge is 0.480 e. The van der Waals surface area contributed by atoms with Crippen molar-refractivity contribution in [1.82, 2.24) is 20.9 Å². The number of nitrogens with one attached hydrogen (secondary N) is 4. The molecule has 3 amide bonds. The molecule has 11 nitrogen and oxygen atoms in total. The van der Waals surface area contributed by atoms with E-state index >= 15 is 0 Å². The predicted octanol–water partition coefficient (Wildman–Crippen LogP) is 0.682. The highest BCUT2D eigenvalue weighted by Gasteiger charge is 2.30. The Bertz CT molecular complexity index is 1090. The second kappa shape index (κ2) is 15.4. The lowest BCUT2D eigenvalue weighted by molar-refractivity contribution is -0.141. The van der Waals surface area contributed by atoms with Gasteiger partial charge in [0.1, 0.15) is 18.1 Å². The van der Waals surface area contributed by atoms with Crippen molar-refractivity contribution >= 4 is 47.2 Å². The number of thiol groups is 1. The molecule has 1 heterocycles. The first-order valence-electron chi connectivity index (χ1n) is 12.8. The molecule has 0 aliphatic carbocycles. The number of rotatable bonds is 16. The molecule has 210 valence electrons. The number of aliphatic carboxylic acids is 1. The summed E-state index contributed by atoms with van der Waals surface area (Å²) in [5, 5.41) is 18.1. The molecule has 12 heteroatoms. The number of H-pyrrole nitrogens is 1. The predicted molar refractivity (Wildman–Crippen MR) is 150 cm³/mol. The lowest BCUT2D eigenvalue weighted by Gasteiger charge is -2.25. The van der Waals surface area contributed by atoms with Crippen molar-refractivity contribution < 1.29 is 24.3 Å². The number of amides is 3. The van der Waals surface area contributed by atoms with Gasteiger partial charge in [0.15, 0.2) is 0 Å². The van der Waals surface area contributed by atoms with E-state index in [0.29, 0.717) is 32.2 Å². The van der Waals surface area contributed by atoms with Gasteiger partial charge in [0.25, 0.3) is 0 Å². The van der Waals surface area contributed by atoms with Crippen molar-refractivity contribution in [3.8, 4) is 0 Å². The zero-order chi connectivity index (χ0) is 28.2. The summed E-state index contributed by atoms with van der Waals surface area (Å²) >= 11 is 4.01. The number of carboxylic acids is 1. The fourth-order valence-corrected chi connectivity index (χ4v) is 4.36. The Hall–Kier alpha value is -3.09. The molecule has 0 radical (unpaired) electrons. The molecule has 1 aromatic heterocycles. The molecule has 0 aliphatic rings. The molecule has 0 aliphatic heterocycles. The standard InChI is InChI=1S/C26H40N6O5S/c1-15(2)11-18(28)23(33)30-20(9-5-6-10-27)24(34)31-21(25(35)32-22(14-38)26(36)37)12-16-13-29-19-8-4-3-7-17(16)19/h3-4,7-8,13,15,18,20-22,29,38H,5-6,9-12,14,27-28H2,1-2H3,(H,30,33)(H,31,34)(H,32,35)(H,36,37). The second-order valence-electron chi connectivity index (χ2n) is 9.79. The highest BCUT2D eigenvalue weighted by molar-refractivity contribution is 7.80. The highest BCUT2D eigenvalue weighted by atomic mass is 32.1. The number of aromatic nitrogens is 1. The van der Waals surface area contributed by atoms with Crippen LogP contribution in [0.25, 0.3) is 10.9 Å². The number of carboxylic acid groups (broad SMARTS) is 1. The Morgan fingerprint density at radius 1 is 0.974 bits per heavy atom. The zero-order valence-corrected chi connectivity index (χ0v) is 22.8. The van der Waals surface area contributed by atoms with Crippen LogP contribution in [0.2, 0.25) is 0 Å². The van der Waals surface area contributed by atoms with Gasteiger partial charge in [0.2, 0.25) is 17.7 Å². The molecule has 0 saturated heterocycles. The Morgan fingerprint density at radius 3 is 2.24 bits per heavy atom. The van der Waals surface area contributed by atoms with Crippen molar-refractivity contribution in [2.75, 3.05) is 12.3 Å². The van der Waals surface area contributed by atoms with Gasteiger partial charge < -0.3 is 37.5 Å². The van der Waals surface area contributed by atoms with Gasteiger partial charge in [-0.1, -0.05) is 32.0 Å². The molecule has 38 heavy (non-hydrogen) atoms. The Kier molecular flexibility index (Phi) is 12.6. The summed E-state index contributed by atoms with van der Waals surface area (Å²) in [5.41, 5.74) is 13.2. The third-order valence-electron chi connectivity index (χ3n) is 6.17. The van der Waals surface area contributed by atoms with Crippen LogP contribution >= 0.6 is 12.6 Å². The molecule has 0 fully saturated rings. The number of carbonyl (C=O) groups is 4. The van der Waals surface area contributed by atoms with E-state index in [-0.39, 0.29) is 18.1 Å². The number of benzene rings is 1. The summed E-state index contributed by atoms with van der Waals surface area (Å²) in [6, 6.07) is 3.44. The minimum absolute atomic E-state index is 0.0941. The van der Waals surface area contributed by atoms with Crippen molar-refractivity contribution in [2.24, 2.45) is 17.4 Å². The number of para-hydroxylation sites is 1. The van der Waals surface area contributed by atoms with Crippen LogP contribution in [0.4, 0.5) is 0 Å². The summed E-state index contributed by atoms with van der Waals surface area (Å²) in [7, 11) is 0. The van der Waals surface area contributed by atoms with Crippen LogP contribution in [0, 0.1) is 5.92 Å². The summed E-state index contributed by atoms with van der Waals surface area (Å²) in [6.45, 7) is 4.32. The number of nitrogens with two attached hydrogens (primary N) is 2. The fraction of sp³-hybridized carbons (Fsp3) is 0.538. The first kappa shape index (κ1) is 31.1. The van der Waals surface area contributed by atoms with E-state index in [1.54, 1.807) is 6.20 Å². The smallest absolute Gasteiger partial charge is 0.327 e. The first-order valence-corrected chi connectivity index (χ1v) is 13.5. The third-order valence-corrected chi connectivity index (χ3v) is 6.54. The van der Waals surface area contributed by atoms with Crippen LogP contribution in [-0.2, 0) is 25.6 Å². The van der Waals surface area contributed by atoms with E-state index in [9.17, 15) is 24.3 Å². The van der Waals surface area contributed by atoms with Gasteiger partial charge in [-0.05, 0) is 49.8 Å². The molecule has 0 bridgehead atoms. The Morgan fingerprint density at radius 2 is 1.61 bits per heavy atom. The minimum Gasteiger partial charge on any atom is -0.480 e.